The summed E-state index contributed by atoms with van der Waals surface area (Å²) in [7, 11) is 1.63. The fourth-order valence-corrected chi connectivity index (χ4v) is 3.68. The summed E-state index contributed by atoms with van der Waals surface area (Å²) >= 11 is 0. The van der Waals surface area contributed by atoms with Crippen LogP contribution < -0.4 is 16.0 Å². The highest BCUT2D eigenvalue weighted by atomic mass is 35.5. The fourth-order valence-electron chi connectivity index (χ4n) is 3.68. The highest BCUT2D eigenvalue weighted by Gasteiger charge is 2.39. The molecule has 2 fully saturated rings. The number of nitrogens with one attached hydrogen (secondary N) is 3. The number of carbonyl (C=O) groups is 2. The number of anilines is 2. The Balaban J connectivity index is 0.00000225. The standard InChI is InChI=1S/C20H30N4O4.2ClH/c1-27-15-20(6-8-21-9-7-20)19(26)23-17-4-2-16(3-5-17)22-18(25)14-24-10-12-28-13-11-24;;/h2-5,21H,6-15H2,1H3,(H,22,25)(H,23,26);2*1H. The third-order valence-corrected chi connectivity index (χ3v) is 5.36. The van der Waals surface area contributed by atoms with E-state index in [0.717, 1.165) is 39.0 Å². The van der Waals surface area contributed by atoms with Crippen molar-refractivity contribution in [2.45, 2.75) is 12.8 Å². The first-order valence-corrected chi connectivity index (χ1v) is 9.82. The van der Waals surface area contributed by atoms with Gasteiger partial charge in [0.25, 0.3) is 0 Å². The smallest absolute Gasteiger partial charge is 0.238 e. The fraction of sp³-hybridized carbons (Fsp3) is 0.600. The lowest BCUT2D eigenvalue weighted by Crippen LogP contribution is -2.47. The lowest BCUT2D eigenvalue weighted by atomic mass is 9.78. The molecule has 3 N–H and O–H groups in total. The molecular weight excluding hydrogens is 431 g/mol. The second-order valence-electron chi connectivity index (χ2n) is 7.43. The number of nitrogens with zero attached hydrogens (tertiary/aromatic N) is 1. The molecule has 2 saturated heterocycles. The molecule has 1 aromatic rings. The number of piperidine rings is 1. The highest BCUT2D eigenvalue weighted by molar-refractivity contribution is 5.96. The van der Waals surface area contributed by atoms with Crippen LogP contribution in [0.2, 0.25) is 0 Å². The molecule has 2 amide bonds. The number of benzene rings is 1. The molecule has 10 heteroatoms. The van der Waals surface area contributed by atoms with Gasteiger partial charge in [-0.3, -0.25) is 14.5 Å². The van der Waals surface area contributed by atoms with Gasteiger partial charge in [0.2, 0.25) is 11.8 Å². The summed E-state index contributed by atoms with van der Waals surface area (Å²) in [5.74, 6) is -0.0626. The number of rotatable bonds is 7. The van der Waals surface area contributed by atoms with Crippen LogP contribution in [0.1, 0.15) is 12.8 Å². The lowest BCUT2D eigenvalue weighted by molar-refractivity contribution is -0.130. The number of halogens is 2. The minimum absolute atomic E-state index is 0. The van der Waals surface area contributed by atoms with Crippen LogP contribution in [0, 0.1) is 5.41 Å². The molecule has 2 heterocycles. The van der Waals surface area contributed by atoms with Crippen molar-refractivity contribution in [1.82, 2.24) is 10.2 Å². The van der Waals surface area contributed by atoms with E-state index in [0.29, 0.717) is 37.7 Å². The number of amides is 2. The number of hydrogen-bond acceptors (Lipinski definition) is 6. The first-order valence-electron chi connectivity index (χ1n) is 9.82. The zero-order chi connectivity index (χ0) is 19.8. The van der Waals surface area contributed by atoms with Crippen LogP contribution in [-0.2, 0) is 19.1 Å². The minimum Gasteiger partial charge on any atom is -0.384 e. The molecule has 3 rings (SSSR count). The first kappa shape index (κ1) is 26.6. The summed E-state index contributed by atoms with van der Waals surface area (Å²) in [6, 6.07) is 7.23. The quantitative estimate of drug-likeness (QED) is 0.571. The monoisotopic (exact) mass is 462 g/mol. The Morgan fingerprint density at radius 3 is 2.20 bits per heavy atom. The van der Waals surface area contributed by atoms with Gasteiger partial charge >= 0.3 is 0 Å². The zero-order valence-electron chi connectivity index (χ0n) is 17.3. The van der Waals surface area contributed by atoms with Crippen LogP contribution in [0.15, 0.2) is 24.3 Å². The van der Waals surface area contributed by atoms with Gasteiger partial charge in [-0.2, -0.15) is 0 Å². The van der Waals surface area contributed by atoms with E-state index in [9.17, 15) is 9.59 Å². The molecule has 0 aliphatic carbocycles. The van der Waals surface area contributed by atoms with E-state index < -0.39 is 5.41 Å². The largest absolute Gasteiger partial charge is 0.384 e. The molecule has 0 aromatic heterocycles. The predicted molar refractivity (Wildman–Crippen MR) is 122 cm³/mol. The van der Waals surface area contributed by atoms with Gasteiger partial charge in [-0.25, -0.2) is 0 Å². The molecule has 0 radical (unpaired) electrons. The van der Waals surface area contributed by atoms with E-state index in [4.69, 9.17) is 9.47 Å². The molecule has 8 nitrogen and oxygen atoms in total. The third-order valence-electron chi connectivity index (χ3n) is 5.36. The summed E-state index contributed by atoms with van der Waals surface area (Å²) in [4.78, 5) is 27.1. The van der Waals surface area contributed by atoms with E-state index in [1.807, 2.05) is 12.1 Å². The molecule has 30 heavy (non-hydrogen) atoms. The van der Waals surface area contributed by atoms with Crippen LogP contribution in [0.3, 0.4) is 0 Å². The van der Waals surface area contributed by atoms with Crippen molar-refractivity contribution in [2.24, 2.45) is 5.41 Å². The molecule has 2 aliphatic rings. The Labute approximate surface area is 190 Å². The molecule has 170 valence electrons. The number of methoxy groups -OCH3 is 1. The normalized spacial score (nSPS) is 18.4. The Kier molecular flexibility index (Phi) is 11.6. The van der Waals surface area contributed by atoms with Crippen molar-refractivity contribution < 1.29 is 19.1 Å². The SMILES string of the molecule is COCC1(C(=O)Nc2ccc(NC(=O)CN3CCOCC3)cc2)CCNCC1.Cl.Cl. The average molecular weight is 463 g/mol. The van der Waals surface area contributed by atoms with Crippen LogP contribution in [0.5, 0.6) is 0 Å². The van der Waals surface area contributed by atoms with Crippen LogP contribution >= 0.6 is 24.8 Å². The summed E-state index contributed by atoms with van der Waals surface area (Å²) in [6.07, 6.45) is 1.50. The van der Waals surface area contributed by atoms with Crippen LogP contribution in [0.25, 0.3) is 0 Å². The number of hydrogen-bond donors (Lipinski definition) is 3. The van der Waals surface area contributed by atoms with Gasteiger partial charge in [0.05, 0.1) is 31.8 Å². The van der Waals surface area contributed by atoms with Gasteiger partial charge in [0, 0.05) is 31.6 Å². The van der Waals surface area contributed by atoms with E-state index in [-0.39, 0.29) is 36.6 Å². The minimum atomic E-state index is -0.495. The molecule has 0 atom stereocenters. The second-order valence-corrected chi connectivity index (χ2v) is 7.43. The highest BCUT2D eigenvalue weighted by Crippen LogP contribution is 2.31. The van der Waals surface area contributed by atoms with Gasteiger partial charge in [-0.1, -0.05) is 0 Å². The first-order chi connectivity index (χ1) is 13.6. The average Bonchev–Trinajstić information content (AvgIpc) is 2.71. The summed E-state index contributed by atoms with van der Waals surface area (Å²) in [6.45, 7) is 5.28. The molecule has 0 bridgehead atoms. The Morgan fingerprint density at radius 2 is 1.63 bits per heavy atom. The van der Waals surface area contributed by atoms with Crippen molar-refractivity contribution in [3.8, 4) is 0 Å². The van der Waals surface area contributed by atoms with Crippen molar-refractivity contribution in [3.05, 3.63) is 24.3 Å². The molecule has 1 aromatic carbocycles. The molecular formula is C20H32Cl2N4O4. The summed E-state index contributed by atoms with van der Waals surface area (Å²) < 4.78 is 10.6. The van der Waals surface area contributed by atoms with Crippen molar-refractivity contribution in [3.63, 3.8) is 0 Å². The maximum absolute atomic E-state index is 12.9. The maximum atomic E-state index is 12.9. The Morgan fingerprint density at radius 1 is 1.07 bits per heavy atom. The third kappa shape index (κ3) is 7.37. The zero-order valence-corrected chi connectivity index (χ0v) is 18.9. The van der Waals surface area contributed by atoms with E-state index >= 15 is 0 Å². The Hall–Kier alpha value is -1.42. The lowest BCUT2D eigenvalue weighted by Gasteiger charge is -2.35. The second kappa shape index (κ2) is 13.1. The van der Waals surface area contributed by atoms with Gasteiger partial charge in [-0.15, -0.1) is 24.8 Å². The van der Waals surface area contributed by atoms with E-state index in [1.165, 1.54) is 0 Å². The van der Waals surface area contributed by atoms with Crippen LogP contribution in [-0.4, -0.2) is 76.4 Å². The van der Waals surface area contributed by atoms with Crippen molar-refractivity contribution in [2.75, 3.05) is 70.3 Å². The number of carbonyl (C=O) groups excluding carboxylic acids is 2. The van der Waals surface area contributed by atoms with Gasteiger partial charge < -0.3 is 25.4 Å². The van der Waals surface area contributed by atoms with Crippen LogP contribution in [0.4, 0.5) is 11.4 Å². The number of morpholine rings is 1. The molecule has 0 saturated carbocycles. The van der Waals surface area contributed by atoms with Gasteiger partial charge in [-0.05, 0) is 50.2 Å². The van der Waals surface area contributed by atoms with Crippen molar-refractivity contribution in [1.29, 1.82) is 0 Å². The number of ether oxygens (including phenoxy) is 2. The molecule has 2 aliphatic heterocycles. The molecule has 0 spiro atoms. The topological polar surface area (TPSA) is 91.9 Å². The van der Waals surface area contributed by atoms with Gasteiger partial charge in [0.1, 0.15) is 0 Å². The maximum Gasteiger partial charge on any atom is 0.238 e. The van der Waals surface area contributed by atoms with Gasteiger partial charge in [0.15, 0.2) is 0 Å². The molecule has 0 unspecified atom stereocenters. The van der Waals surface area contributed by atoms with E-state index in [1.54, 1.807) is 19.2 Å². The summed E-state index contributed by atoms with van der Waals surface area (Å²) in [5.41, 5.74) is 0.931. The van der Waals surface area contributed by atoms with Crippen molar-refractivity contribution >= 4 is 48.0 Å². The summed E-state index contributed by atoms with van der Waals surface area (Å²) in [5, 5.41) is 9.19. The van der Waals surface area contributed by atoms with E-state index in [2.05, 4.69) is 20.9 Å². The predicted octanol–water partition coefficient (Wildman–Crippen LogP) is 1.76. The Bertz CT molecular complexity index is 658.